The second kappa shape index (κ2) is 6.61. The molecule has 1 amide bonds. The number of nitrogens with zero attached hydrogens (tertiary/aromatic N) is 1. The molecule has 0 saturated heterocycles. The largest absolute Gasteiger partial charge is 0.480 e. The van der Waals surface area contributed by atoms with Gasteiger partial charge in [0.15, 0.2) is 0 Å². The molecule has 0 aliphatic rings. The number of carbonyl (C=O) groups is 1. The molecule has 16 heavy (non-hydrogen) atoms. The lowest BCUT2D eigenvalue weighted by molar-refractivity contribution is 0.0950. The molecular formula is C12H16N2O2. The van der Waals surface area contributed by atoms with Crippen molar-refractivity contribution in [3.63, 3.8) is 0 Å². The molecular weight excluding hydrogens is 204 g/mol. The lowest BCUT2D eigenvalue weighted by atomic mass is 10.2. The van der Waals surface area contributed by atoms with Crippen LogP contribution in [0.3, 0.4) is 0 Å². The van der Waals surface area contributed by atoms with Crippen molar-refractivity contribution in [2.24, 2.45) is 0 Å². The van der Waals surface area contributed by atoms with Crippen LogP contribution in [0.15, 0.2) is 30.5 Å². The molecule has 1 N–H and O–H groups in total. The smallest absolute Gasteiger partial charge is 0.256 e. The van der Waals surface area contributed by atoms with Gasteiger partial charge in [-0.05, 0) is 25.5 Å². The molecule has 0 spiro atoms. The third kappa shape index (κ3) is 3.38. The highest BCUT2D eigenvalue weighted by molar-refractivity contribution is 5.96. The van der Waals surface area contributed by atoms with Gasteiger partial charge < -0.3 is 10.1 Å². The molecule has 0 fully saturated rings. The van der Waals surface area contributed by atoms with Crippen LogP contribution >= 0.6 is 0 Å². The molecule has 4 heteroatoms. The van der Waals surface area contributed by atoms with Crippen LogP contribution in [0.5, 0.6) is 5.88 Å². The minimum Gasteiger partial charge on any atom is -0.480 e. The predicted octanol–water partition coefficient (Wildman–Crippen LogP) is 1.79. The Labute approximate surface area is 95.3 Å². The quantitative estimate of drug-likeness (QED) is 0.608. The summed E-state index contributed by atoms with van der Waals surface area (Å²) in [5.74, 6) is 0.195. The molecule has 0 unspecified atom stereocenters. The number of rotatable bonds is 5. The van der Waals surface area contributed by atoms with Crippen molar-refractivity contribution in [3.8, 4) is 5.88 Å². The zero-order valence-electron chi connectivity index (χ0n) is 9.56. The van der Waals surface area contributed by atoms with Crippen molar-refractivity contribution in [2.45, 2.75) is 13.3 Å². The molecule has 0 aliphatic heterocycles. The molecule has 0 aliphatic carbocycles. The zero-order chi connectivity index (χ0) is 11.8. The van der Waals surface area contributed by atoms with Gasteiger partial charge in [0.2, 0.25) is 5.88 Å². The average Bonchev–Trinajstić information content (AvgIpc) is 2.34. The Morgan fingerprint density at radius 2 is 2.44 bits per heavy atom. The summed E-state index contributed by atoms with van der Waals surface area (Å²) in [4.78, 5) is 15.7. The Balaban J connectivity index is 2.58. The first-order valence-electron chi connectivity index (χ1n) is 5.18. The van der Waals surface area contributed by atoms with Gasteiger partial charge in [-0.2, -0.15) is 0 Å². The van der Waals surface area contributed by atoms with Gasteiger partial charge in [0, 0.05) is 12.7 Å². The third-order valence-electron chi connectivity index (χ3n) is 2.04. The molecule has 4 nitrogen and oxygen atoms in total. The minimum atomic E-state index is -0.158. The molecule has 1 aromatic heterocycles. The molecule has 0 aromatic carbocycles. The average molecular weight is 220 g/mol. The van der Waals surface area contributed by atoms with Gasteiger partial charge in [-0.15, -0.1) is 0 Å². The number of aromatic nitrogens is 1. The van der Waals surface area contributed by atoms with Crippen LogP contribution in [0, 0.1) is 0 Å². The summed E-state index contributed by atoms with van der Waals surface area (Å²) in [6.45, 7) is 2.56. The zero-order valence-corrected chi connectivity index (χ0v) is 9.56. The van der Waals surface area contributed by atoms with Crippen LogP contribution in [-0.4, -0.2) is 24.5 Å². The van der Waals surface area contributed by atoms with E-state index in [2.05, 4.69) is 10.3 Å². The molecule has 0 radical (unpaired) electrons. The molecule has 86 valence electrons. The number of allylic oxidation sites excluding steroid dienone is 1. The van der Waals surface area contributed by atoms with Crippen molar-refractivity contribution in [1.29, 1.82) is 0 Å². The van der Waals surface area contributed by atoms with E-state index in [4.69, 9.17) is 4.74 Å². The van der Waals surface area contributed by atoms with Crippen molar-refractivity contribution < 1.29 is 9.53 Å². The Bertz CT molecular complexity index is 375. The number of nitrogens with one attached hydrogen (secondary N) is 1. The fourth-order valence-corrected chi connectivity index (χ4v) is 1.26. The second-order valence-electron chi connectivity index (χ2n) is 3.17. The molecule has 0 saturated carbocycles. The summed E-state index contributed by atoms with van der Waals surface area (Å²) >= 11 is 0. The van der Waals surface area contributed by atoms with E-state index in [0.717, 1.165) is 6.42 Å². The summed E-state index contributed by atoms with van der Waals surface area (Å²) in [6.07, 6.45) is 6.37. The highest BCUT2D eigenvalue weighted by Crippen LogP contribution is 2.12. The molecule has 0 atom stereocenters. The van der Waals surface area contributed by atoms with Crippen LogP contribution in [0.2, 0.25) is 0 Å². The Kier molecular flexibility index (Phi) is 5.05. The summed E-state index contributed by atoms with van der Waals surface area (Å²) in [6, 6.07) is 3.40. The van der Waals surface area contributed by atoms with E-state index < -0.39 is 0 Å². The van der Waals surface area contributed by atoms with E-state index in [9.17, 15) is 4.79 Å². The van der Waals surface area contributed by atoms with Crippen molar-refractivity contribution >= 4 is 5.91 Å². The van der Waals surface area contributed by atoms with Crippen molar-refractivity contribution in [1.82, 2.24) is 10.3 Å². The maximum atomic E-state index is 11.7. The second-order valence-corrected chi connectivity index (χ2v) is 3.17. The Hall–Kier alpha value is -1.84. The Morgan fingerprint density at radius 3 is 3.12 bits per heavy atom. The number of amides is 1. The van der Waals surface area contributed by atoms with Crippen LogP contribution in [0.1, 0.15) is 23.7 Å². The Morgan fingerprint density at radius 1 is 1.62 bits per heavy atom. The van der Waals surface area contributed by atoms with E-state index in [1.54, 1.807) is 18.3 Å². The third-order valence-corrected chi connectivity index (χ3v) is 2.04. The van der Waals surface area contributed by atoms with Crippen LogP contribution in [0.4, 0.5) is 0 Å². The number of methoxy groups -OCH3 is 1. The highest BCUT2D eigenvalue weighted by Gasteiger charge is 2.11. The summed E-state index contributed by atoms with van der Waals surface area (Å²) < 4.78 is 5.01. The summed E-state index contributed by atoms with van der Waals surface area (Å²) in [5.41, 5.74) is 0.463. The van der Waals surface area contributed by atoms with E-state index in [0.29, 0.717) is 18.0 Å². The van der Waals surface area contributed by atoms with E-state index in [1.165, 1.54) is 7.11 Å². The topological polar surface area (TPSA) is 51.2 Å². The number of pyridine rings is 1. The van der Waals surface area contributed by atoms with E-state index in [1.807, 2.05) is 19.1 Å². The monoisotopic (exact) mass is 220 g/mol. The number of ether oxygens (including phenoxy) is 1. The van der Waals surface area contributed by atoms with Crippen LogP contribution in [-0.2, 0) is 0 Å². The predicted molar refractivity (Wildman–Crippen MR) is 62.6 cm³/mol. The number of hydrogen-bond acceptors (Lipinski definition) is 3. The molecule has 1 rings (SSSR count). The molecule has 1 aromatic rings. The standard InChI is InChI=1S/C12H16N2O2/c1-3-4-5-8-13-11(15)10-7-6-9-14-12(10)16-2/h3-4,6-7,9H,5,8H2,1-2H3,(H,13,15)/b4-3+. The van der Waals surface area contributed by atoms with Crippen molar-refractivity contribution in [3.05, 3.63) is 36.0 Å². The minimum absolute atomic E-state index is 0.158. The normalized spacial score (nSPS) is 10.4. The van der Waals surface area contributed by atoms with Gasteiger partial charge in [0.05, 0.1) is 7.11 Å². The van der Waals surface area contributed by atoms with Crippen LogP contribution < -0.4 is 10.1 Å². The van der Waals surface area contributed by atoms with Gasteiger partial charge in [0.25, 0.3) is 5.91 Å². The summed E-state index contributed by atoms with van der Waals surface area (Å²) in [7, 11) is 1.50. The first-order valence-corrected chi connectivity index (χ1v) is 5.18. The van der Waals surface area contributed by atoms with Crippen LogP contribution in [0.25, 0.3) is 0 Å². The van der Waals surface area contributed by atoms with Gasteiger partial charge in [-0.25, -0.2) is 4.98 Å². The summed E-state index contributed by atoms with van der Waals surface area (Å²) in [5, 5.41) is 2.80. The lowest BCUT2D eigenvalue weighted by Gasteiger charge is -2.06. The fourth-order valence-electron chi connectivity index (χ4n) is 1.26. The maximum Gasteiger partial charge on any atom is 0.256 e. The fraction of sp³-hybridized carbons (Fsp3) is 0.333. The van der Waals surface area contributed by atoms with E-state index in [-0.39, 0.29) is 5.91 Å². The number of carbonyl (C=O) groups excluding carboxylic acids is 1. The SMILES string of the molecule is C/C=C/CCNC(=O)c1cccnc1OC. The molecule has 1 heterocycles. The molecule has 0 bridgehead atoms. The first kappa shape index (κ1) is 12.2. The highest BCUT2D eigenvalue weighted by atomic mass is 16.5. The first-order chi connectivity index (χ1) is 7.79. The van der Waals surface area contributed by atoms with Crippen molar-refractivity contribution in [2.75, 3.05) is 13.7 Å². The number of hydrogen-bond donors (Lipinski definition) is 1. The maximum absolute atomic E-state index is 11.7. The van der Waals surface area contributed by atoms with Gasteiger partial charge in [-0.1, -0.05) is 12.2 Å². The van der Waals surface area contributed by atoms with E-state index >= 15 is 0 Å². The lowest BCUT2D eigenvalue weighted by Crippen LogP contribution is -2.24. The van der Waals surface area contributed by atoms with Gasteiger partial charge >= 0.3 is 0 Å². The van der Waals surface area contributed by atoms with Gasteiger partial charge in [-0.3, -0.25) is 4.79 Å². The van der Waals surface area contributed by atoms with Gasteiger partial charge in [0.1, 0.15) is 5.56 Å².